The van der Waals surface area contributed by atoms with Crippen molar-refractivity contribution in [1.29, 1.82) is 0 Å². The minimum absolute atomic E-state index is 0. The maximum Gasteiger partial charge on any atom is 0.254 e. The van der Waals surface area contributed by atoms with Crippen molar-refractivity contribution in [3.63, 3.8) is 0 Å². The molecule has 1 aromatic rings. The fraction of sp³-hybridized carbons (Fsp3) is 0.417. The molecule has 2 rings (SSSR count). The van der Waals surface area contributed by atoms with Gasteiger partial charge < -0.3 is 10.6 Å². The van der Waals surface area contributed by atoms with Gasteiger partial charge in [-0.3, -0.25) is 4.79 Å². The number of rotatable bonds is 2. The monoisotopic (exact) mass is 258 g/mol. The number of carbonyl (C=O) groups excluding carboxylic acids is 1. The molecular formula is C12H16ClFN2O. The number of halogens is 2. The SMILES string of the molecule is Cl.O=C(NC1CCCNC1)c1ccccc1F. The van der Waals surface area contributed by atoms with E-state index >= 15 is 0 Å². The third-order valence-corrected chi connectivity index (χ3v) is 2.75. The van der Waals surface area contributed by atoms with Gasteiger partial charge in [0.15, 0.2) is 0 Å². The third kappa shape index (κ3) is 3.68. The van der Waals surface area contributed by atoms with Crippen molar-refractivity contribution in [2.45, 2.75) is 18.9 Å². The van der Waals surface area contributed by atoms with Crippen molar-refractivity contribution in [3.05, 3.63) is 35.6 Å². The zero-order valence-electron chi connectivity index (χ0n) is 9.41. The first-order chi connectivity index (χ1) is 7.77. The quantitative estimate of drug-likeness (QED) is 0.848. The second-order valence-electron chi connectivity index (χ2n) is 4.00. The smallest absolute Gasteiger partial charge is 0.254 e. The van der Waals surface area contributed by atoms with E-state index in [1.54, 1.807) is 12.1 Å². The molecular weight excluding hydrogens is 243 g/mol. The number of piperidine rings is 1. The molecule has 1 unspecified atom stereocenters. The fourth-order valence-corrected chi connectivity index (χ4v) is 1.88. The number of hydrogen-bond acceptors (Lipinski definition) is 2. The van der Waals surface area contributed by atoms with E-state index in [1.165, 1.54) is 12.1 Å². The number of benzene rings is 1. The van der Waals surface area contributed by atoms with Crippen molar-refractivity contribution < 1.29 is 9.18 Å². The van der Waals surface area contributed by atoms with Gasteiger partial charge in [0.25, 0.3) is 5.91 Å². The molecule has 1 aliphatic rings. The minimum Gasteiger partial charge on any atom is -0.348 e. The van der Waals surface area contributed by atoms with Gasteiger partial charge >= 0.3 is 0 Å². The molecule has 2 N–H and O–H groups in total. The molecule has 0 bridgehead atoms. The minimum atomic E-state index is -0.469. The lowest BCUT2D eigenvalue weighted by Gasteiger charge is -2.23. The van der Waals surface area contributed by atoms with Crippen LogP contribution in [0, 0.1) is 5.82 Å². The Morgan fingerprint density at radius 3 is 2.82 bits per heavy atom. The van der Waals surface area contributed by atoms with E-state index in [0.29, 0.717) is 0 Å². The van der Waals surface area contributed by atoms with E-state index in [4.69, 9.17) is 0 Å². The molecule has 5 heteroatoms. The van der Waals surface area contributed by atoms with Crippen molar-refractivity contribution in [2.75, 3.05) is 13.1 Å². The second kappa shape index (κ2) is 6.57. The average molecular weight is 259 g/mol. The van der Waals surface area contributed by atoms with Crippen LogP contribution in [0.2, 0.25) is 0 Å². The van der Waals surface area contributed by atoms with Gasteiger partial charge in [0.1, 0.15) is 5.82 Å². The molecule has 0 saturated carbocycles. The van der Waals surface area contributed by atoms with Crippen LogP contribution in [0.4, 0.5) is 4.39 Å². The van der Waals surface area contributed by atoms with Gasteiger partial charge in [-0.05, 0) is 31.5 Å². The van der Waals surface area contributed by atoms with Gasteiger partial charge in [-0.25, -0.2) is 4.39 Å². The first kappa shape index (κ1) is 13.9. The number of nitrogens with one attached hydrogen (secondary N) is 2. The van der Waals surface area contributed by atoms with E-state index in [9.17, 15) is 9.18 Å². The number of carbonyl (C=O) groups is 1. The summed E-state index contributed by atoms with van der Waals surface area (Å²) in [6.07, 6.45) is 2.00. The predicted molar refractivity (Wildman–Crippen MR) is 67.0 cm³/mol. The van der Waals surface area contributed by atoms with Crippen molar-refractivity contribution in [2.24, 2.45) is 0 Å². The van der Waals surface area contributed by atoms with Crippen molar-refractivity contribution >= 4 is 18.3 Å². The highest BCUT2D eigenvalue weighted by molar-refractivity contribution is 5.94. The standard InChI is InChI=1S/C12H15FN2O.ClH/c13-11-6-2-1-5-10(11)12(16)15-9-4-3-7-14-8-9;/h1-2,5-6,9,14H,3-4,7-8H2,(H,15,16);1H. The van der Waals surface area contributed by atoms with Gasteiger partial charge in [0.2, 0.25) is 0 Å². The van der Waals surface area contributed by atoms with Crippen LogP contribution in [0.3, 0.4) is 0 Å². The highest BCUT2D eigenvalue weighted by Crippen LogP contribution is 2.08. The first-order valence-electron chi connectivity index (χ1n) is 5.53. The summed E-state index contributed by atoms with van der Waals surface area (Å²) < 4.78 is 13.3. The maximum atomic E-state index is 13.3. The molecule has 1 atom stereocenters. The van der Waals surface area contributed by atoms with Crippen LogP contribution in [0.25, 0.3) is 0 Å². The lowest BCUT2D eigenvalue weighted by molar-refractivity contribution is 0.0926. The zero-order chi connectivity index (χ0) is 11.4. The largest absolute Gasteiger partial charge is 0.348 e. The Bertz CT molecular complexity index is 381. The summed E-state index contributed by atoms with van der Waals surface area (Å²) in [6, 6.07) is 6.15. The summed E-state index contributed by atoms with van der Waals surface area (Å²) in [5, 5.41) is 6.03. The van der Waals surface area contributed by atoms with E-state index in [-0.39, 0.29) is 29.9 Å². The van der Waals surface area contributed by atoms with Crippen LogP contribution in [0.5, 0.6) is 0 Å². The summed E-state index contributed by atoms with van der Waals surface area (Å²) in [7, 11) is 0. The average Bonchev–Trinajstić information content (AvgIpc) is 2.31. The lowest BCUT2D eigenvalue weighted by atomic mass is 10.1. The van der Waals surface area contributed by atoms with Crippen LogP contribution in [0.15, 0.2) is 24.3 Å². The summed E-state index contributed by atoms with van der Waals surface area (Å²) in [5.74, 6) is -0.796. The molecule has 3 nitrogen and oxygen atoms in total. The highest BCUT2D eigenvalue weighted by Gasteiger charge is 2.17. The molecule has 0 spiro atoms. The van der Waals surface area contributed by atoms with Crippen LogP contribution in [-0.4, -0.2) is 25.0 Å². The molecule has 1 amide bonds. The number of amides is 1. The molecule has 0 radical (unpaired) electrons. The Hall–Kier alpha value is -1.13. The van der Waals surface area contributed by atoms with Crippen LogP contribution in [-0.2, 0) is 0 Å². The van der Waals surface area contributed by atoms with Gasteiger partial charge in [0, 0.05) is 12.6 Å². The first-order valence-corrected chi connectivity index (χ1v) is 5.53. The van der Waals surface area contributed by atoms with Crippen molar-refractivity contribution in [3.8, 4) is 0 Å². The van der Waals surface area contributed by atoms with Crippen molar-refractivity contribution in [1.82, 2.24) is 10.6 Å². The van der Waals surface area contributed by atoms with E-state index in [1.807, 2.05) is 0 Å². The predicted octanol–water partition coefficient (Wildman–Crippen LogP) is 1.73. The molecule has 94 valence electrons. The molecule has 1 heterocycles. The van der Waals surface area contributed by atoms with E-state index in [2.05, 4.69) is 10.6 Å². The Morgan fingerprint density at radius 1 is 1.41 bits per heavy atom. The van der Waals surface area contributed by atoms with Gasteiger partial charge in [0.05, 0.1) is 5.56 Å². The highest BCUT2D eigenvalue weighted by atomic mass is 35.5. The number of hydrogen-bond donors (Lipinski definition) is 2. The van der Waals surface area contributed by atoms with Crippen LogP contribution >= 0.6 is 12.4 Å². The normalized spacial score (nSPS) is 19.2. The Kier molecular flexibility index (Phi) is 5.38. The van der Waals surface area contributed by atoms with E-state index < -0.39 is 5.82 Å². The summed E-state index contributed by atoms with van der Waals surface area (Å²) in [4.78, 5) is 11.8. The molecule has 0 aliphatic carbocycles. The van der Waals surface area contributed by atoms with E-state index in [0.717, 1.165) is 25.9 Å². The van der Waals surface area contributed by atoms with Crippen LogP contribution < -0.4 is 10.6 Å². The molecule has 17 heavy (non-hydrogen) atoms. The third-order valence-electron chi connectivity index (χ3n) is 2.75. The van der Waals surface area contributed by atoms with Gasteiger partial charge in [-0.15, -0.1) is 12.4 Å². The molecule has 1 saturated heterocycles. The summed E-state index contributed by atoms with van der Waals surface area (Å²) >= 11 is 0. The summed E-state index contributed by atoms with van der Waals surface area (Å²) in [5.41, 5.74) is 0.119. The maximum absolute atomic E-state index is 13.3. The van der Waals surface area contributed by atoms with Crippen LogP contribution in [0.1, 0.15) is 23.2 Å². The molecule has 1 aromatic carbocycles. The summed E-state index contributed by atoms with van der Waals surface area (Å²) in [6.45, 7) is 1.76. The Balaban J connectivity index is 0.00000144. The molecule has 1 fully saturated rings. The van der Waals surface area contributed by atoms with Gasteiger partial charge in [-0.1, -0.05) is 12.1 Å². The lowest BCUT2D eigenvalue weighted by Crippen LogP contribution is -2.45. The zero-order valence-corrected chi connectivity index (χ0v) is 10.2. The fourth-order valence-electron chi connectivity index (χ4n) is 1.88. The Morgan fingerprint density at radius 2 is 2.18 bits per heavy atom. The van der Waals surface area contributed by atoms with Gasteiger partial charge in [-0.2, -0.15) is 0 Å². The topological polar surface area (TPSA) is 41.1 Å². The molecule has 1 aliphatic heterocycles. The second-order valence-corrected chi connectivity index (χ2v) is 4.00. The Labute approximate surface area is 106 Å². The molecule has 0 aromatic heterocycles.